The molecular formula is C20H19FN4O2. The fourth-order valence-corrected chi connectivity index (χ4v) is 3.08. The summed E-state index contributed by atoms with van der Waals surface area (Å²) in [6, 6.07) is 6.12. The molecule has 6 nitrogen and oxygen atoms in total. The zero-order chi connectivity index (χ0) is 19.4. The highest BCUT2D eigenvalue weighted by Gasteiger charge is 2.34. The molecule has 1 aliphatic heterocycles. The van der Waals surface area contributed by atoms with Crippen molar-refractivity contribution in [3.63, 3.8) is 0 Å². The SMILES string of the molecule is COCC#CC(=O)Nc1ccc(F)c(C2(C)Cc3cnccc3C(N)=N2)c1. The van der Waals surface area contributed by atoms with Crippen LogP contribution in [-0.4, -0.2) is 30.4 Å². The van der Waals surface area contributed by atoms with Crippen molar-refractivity contribution < 1.29 is 13.9 Å². The number of carbonyl (C=O) groups excluding carboxylic acids is 1. The number of aromatic nitrogens is 1. The topological polar surface area (TPSA) is 89.6 Å². The molecule has 0 aliphatic carbocycles. The zero-order valence-corrected chi connectivity index (χ0v) is 15.0. The number of fused-ring (bicyclic) bond motifs is 1. The molecule has 3 rings (SSSR count). The summed E-state index contributed by atoms with van der Waals surface area (Å²) in [5.41, 5.74) is 7.65. The lowest BCUT2D eigenvalue weighted by Crippen LogP contribution is -2.34. The fourth-order valence-electron chi connectivity index (χ4n) is 3.08. The van der Waals surface area contributed by atoms with Crippen LogP contribution in [0.4, 0.5) is 10.1 Å². The molecule has 2 aromatic rings. The zero-order valence-electron chi connectivity index (χ0n) is 15.0. The Hall–Kier alpha value is -3.24. The van der Waals surface area contributed by atoms with Gasteiger partial charge in [0.2, 0.25) is 0 Å². The van der Waals surface area contributed by atoms with E-state index in [0.29, 0.717) is 23.5 Å². The third kappa shape index (κ3) is 3.96. The number of amidine groups is 1. The molecule has 1 aliphatic rings. The van der Waals surface area contributed by atoms with Crippen LogP contribution in [0.3, 0.4) is 0 Å². The summed E-state index contributed by atoms with van der Waals surface area (Å²) in [6.07, 6.45) is 3.80. The number of nitrogens with zero attached hydrogens (tertiary/aromatic N) is 2. The van der Waals surface area contributed by atoms with Gasteiger partial charge in [0, 0.05) is 42.7 Å². The molecule has 1 aromatic carbocycles. The first-order chi connectivity index (χ1) is 12.9. The van der Waals surface area contributed by atoms with Gasteiger partial charge >= 0.3 is 0 Å². The minimum absolute atomic E-state index is 0.154. The van der Waals surface area contributed by atoms with Crippen LogP contribution in [0.25, 0.3) is 0 Å². The molecule has 1 aromatic heterocycles. The molecule has 2 heterocycles. The number of benzene rings is 1. The average Bonchev–Trinajstić information content (AvgIpc) is 2.63. The smallest absolute Gasteiger partial charge is 0.300 e. The number of carbonyl (C=O) groups is 1. The lowest BCUT2D eigenvalue weighted by Gasteiger charge is -2.32. The van der Waals surface area contributed by atoms with Gasteiger partial charge < -0.3 is 15.8 Å². The van der Waals surface area contributed by atoms with Crippen molar-refractivity contribution in [1.29, 1.82) is 0 Å². The first-order valence-electron chi connectivity index (χ1n) is 8.30. The Bertz CT molecular complexity index is 977. The Morgan fingerprint density at radius 1 is 1.44 bits per heavy atom. The van der Waals surface area contributed by atoms with Gasteiger partial charge in [-0.25, -0.2) is 4.39 Å². The van der Waals surface area contributed by atoms with Crippen molar-refractivity contribution in [1.82, 2.24) is 4.98 Å². The number of amides is 1. The molecule has 0 bridgehead atoms. The molecule has 0 saturated carbocycles. The largest absolute Gasteiger partial charge is 0.383 e. The molecule has 1 atom stereocenters. The summed E-state index contributed by atoms with van der Waals surface area (Å²) >= 11 is 0. The number of ether oxygens (including phenoxy) is 1. The third-order valence-electron chi connectivity index (χ3n) is 4.30. The van der Waals surface area contributed by atoms with E-state index in [1.165, 1.54) is 19.2 Å². The molecule has 3 N–H and O–H groups in total. The van der Waals surface area contributed by atoms with E-state index < -0.39 is 17.3 Å². The monoisotopic (exact) mass is 366 g/mol. The molecule has 0 fully saturated rings. The molecule has 7 heteroatoms. The molecule has 138 valence electrons. The minimum Gasteiger partial charge on any atom is -0.383 e. The van der Waals surface area contributed by atoms with E-state index in [1.807, 2.05) is 0 Å². The van der Waals surface area contributed by atoms with Gasteiger partial charge in [-0.15, -0.1) is 0 Å². The second kappa shape index (κ2) is 7.56. The quantitative estimate of drug-likeness (QED) is 0.813. The van der Waals surface area contributed by atoms with Crippen molar-refractivity contribution in [2.75, 3.05) is 19.0 Å². The maximum Gasteiger partial charge on any atom is 0.300 e. The second-order valence-corrected chi connectivity index (χ2v) is 6.36. The van der Waals surface area contributed by atoms with Crippen molar-refractivity contribution >= 4 is 17.4 Å². The number of hydrogen-bond acceptors (Lipinski definition) is 5. The number of pyridine rings is 1. The predicted molar refractivity (Wildman–Crippen MR) is 101 cm³/mol. The van der Waals surface area contributed by atoms with E-state index in [9.17, 15) is 9.18 Å². The van der Waals surface area contributed by atoms with Gasteiger partial charge in [-0.1, -0.05) is 5.92 Å². The van der Waals surface area contributed by atoms with Gasteiger partial charge in [-0.3, -0.25) is 14.8 Å². The number of halogens is 1. The van der Waals surface area contributed by atoms with Crippen molar-refractivity contribution in [2.45, 2.75) is 18.9 Å². The highest BCUT2D eigenvalue weighted by molar-refractivity contribution is 6.04. The number of rotatable bonds is 3. The first kappa shape index (κ1) is 18.5. The Morgan fingerprint density at radius 2 is 2.26 bits per heavy atom. The predicted octanol–water partition coefficient (Wildman–Crippen LogP) is 1.99. The molecule has 0 radical (unpaired) electrons. The Balaban J connectivity index is 1.92. The Labute approximate surface area is 156 Å². The van der Waals surface area contributed by atoms with E-state index in [4.69, 9.17) is 10.5 Å². The van der Waals surface area contributed by atoms with Gasteiger partial charge in [0.05, 0.1) is 5.54 Å². The van der Waals surface area contributed by atoms with Crippen LogP contribution in [-0.2, 0) is 21.5 Å². The van der Waals surface area contributed by atoms with Crippen LogP contribution in [0.15, 0.2) is 41.7 Å². The van der Waals surface area contributed by atoms with Crippen LogP contribution in [0.1, 0.15) is 23.6 Å². The maximum absolute atomic E-state index is 14.6. The van der Waals surface area contributed by atoms with Crippen LogP contribution >= 0.6 is 0 Å². The maximum atomic E-state index is 14.6. The average molecular weight is 366 g/mol. The standard InChI is InChI=1S/C20H19FN4O2/c1-20(11-13-12-23-8-7-15(13)19(22)25-20)16-10-14(5-6-17(16)21)24-18(26)4-3-9-27-2/h5-8,10,12H,9,11H2,1-2H3,(H2,22,25)(H,24,26). The summed E-state index contributed by atoms with van der Waals surface area (Å²) in [4.78, 5) is 20.5. The van der Waals surface area contributed by atoms with E-state index in [-0.39, 0.29) is 6.61 Å². The van der Waals surface area contributed by atoms with E-state index >= 15 is 0 Å². The molecule has 0 spiro atoms. The molecular weight excluding hydrogens is 347 g/mol. The van der Waals surface area contributed by atoms with Gasteiger partial charge in [0.15, 0.2) is 0 Å². The van der Waals surface area contributed by atoms with Gasteiger partial charge in [-0.2, -0.15) is 0 Å². The highest BCUT2D eigenvalue weighted by Crippen LogP contribution is 2.36. The number of methoxy groups -OCH3 is 1. The first-order valence-corrected chi connectivity index (χ1v) is 8.30. The Kier molecular flexibility index (Phi) is 5.19. The highest BCUT2D eigenvalue weighted by atomic mass is 19.1. The molecule has 0 saturated heterocycles. The lowest BCUT2D eigenvalue weighted by molar-refractivity contribution is -0.111. The van der Waals surface area contributed by atoms with Crippen LogP contribution in [0.5, 0.6) is 0 Å². The number of nitrogens with two attached hydrogens (primary N) is 1. The second-order valence-electron chi connectivity index (χ2n) is 6.36. The van der Waals surface area contributed by atoms with Crippen molar-refractivity contribution in [3.8, 4) is 11.8 Å². The van der Waals surface area contributed by atoms with Gasteiger partial charge in [0.1, 0.15) is 18.3 Å². The molecule has 27 heavy (non-hydrogen) atoms. The third-order valence-corrected chi connectivity index (χ3v) is 4.30. The number of aliphatic imine (C=N–C) groups is 1. The van der Waals surface area contributed by atoms with Crippen LogP contribution < -0.4 is 11.1 Å². The molecule has 1 unspecified atom stereocenters. The summed E-state index contributed by atoms with van der Waals surface area (Å²) in [7, 11) is 1.49. The normalized spacial score (nSPS) is 18.0. The fraction of sp³-hybridized carbons (Fsp3) is 0.250. The number of anilines is 1. The summed E-state index contributed by atoms with van der Waals surface area (Å²) in [6.45, 7) is 1.96. The number of nitrogens with one attached hydrogen (secondary N) is 1. The summed E-state index contributed by atoms with van der Waals surface area (Å²) in [5.74, 6) is 4.37. The van der Waals surface area contributed by atoms with Crippen LogP contribution in [0.2, 0.25) is 0 Å². The van der Waals surface area contributed by atoms with Crippen molar-refractivity contribution in [3.05, 3.63) is 59.2 Å². The van der Waals surface area contributed by atoms with E-state index in [0.717, 1.165) is 11.1 Å². The molecule has 1 amide bonds. The van der Waals surface area contributed by atoms with Gasteiger partial charge in [0.25, 0.3) is 5.91 Å². The number of hydrogen-bond donors (Lipinski definition) is 2. The lowest BCUT2D eigenvalue weighted by atomic mass is 9.82. The minimum atomic E-state index is -0.910. The summed E-state index contributed by atoms with van der Waals surface area (Å²) in [5, 5.41) is 2.63. The summed E-state index contributed by atoms with van der Waals surface area (Å²) < 4.78 is 19.4. The van der Waals surface area contributed by atoms with E-state index in [2.05, 4.69) is 27.1 Å². The Morgan fingerprint density at radius 3 is 3.04 bits per heavy atom. The van der Waals surface area contributed by atoms with Crippen molar-refractivity contribution in [2.24, 2.45) is 10.7 Å². The van der Waals surface area contributed by atoms with E-state index in [1.54, 1.807) is 31.5 Å². The van der Waals surface area contributed by atoms with Crippen LogP contribution in [0, 0.1) is 17.7 Å². The van der Waals surface area contributed by atoms with Gasteiger partial charge in [-0.05, 0) is 42.7 Å².